The second kappa shape index (κ2) is 9.05. The minimum atomic E-state index is -0.876. The highest BCUT2D eigenvalue weighted by atomic mass is 19.1. The average molecular weight is 407 g/mol. The molecule has 1 fully saturated rings. The molecule has 1 aliphatic heterocycles. The number of para-hydroxylation sites is 1. The van der Waals surface area contributed by atoms with E-state index in [2.05, 4.69) is 39.4 Å². The van der Waals surface area contributed by atoms with Gasteiger partial charge in [-0.1, -0.05) is 30.3 Å². The second-order valence-electron chi connectivity index (χ2n) is 7.37. The van der Waals surface area contributed by atoms with Gasteiger partial charge in [0.2, 0.25) is 0 Å². The summed E-state index contributed by atoms with van der Waals surface area (Å²) in [6, 6.07) is 20.9. The van der Waals surface area contributed by atoms with Crippen molar-refractivity contribution in [1.82, 2.24) is 4.90 Å². The fourth-order valence-corrected chi connectivity index (χ4v) is 3.63. The molecule has 0 spiro atoms. The molecule has 0 unspecified atom stereocenters. The molecule has 3 aromatic rings. The van der Waals surface area contributed by atoms with Gasteiger partial charge in [-0.25, -0.2) is 8.78 Å². The van der Waals surface area contributed by atoms with E-state index in [1.54, 1.807) is 12.1 Å². The normalized spacial score (nSPS) is 14.5. The topological polar surface area (TPSA) is 35.6 Å². The molecule has 0 atom stereocenters. The molecule has 3 aromatic carbocycles. The van der Waals surface area contributed by atoms with Gasteiger partial charge in [-0.15, -0.1) is 0 Å². The summed E-state index contributed by atoms with van der Waals surface area (Å²) in [6.45, 7) is 4.78. The van der Waals surface area contributed by atoms with E-state index in [-0.39, 0.29) is 5.56 Å². The number of carbonyl (C=O) groups is 1. The van der Waals surface area contributed by atoms with Crippen molar-refractivity contribution in [2.45, 2.75) is 6.54 Å². The molecular weight excluding hydrogens is 384 g/mol. The third-order valence-corrected chi connectivity index (χ3v) is 5.29. The van der Waals surface area contributed by atoms with Crippen LogP contribution in [0, 0.1) is 11.6 Å². The number of hydrogen-bond donors (Lipinski definition) is 1. The van der Waals surface area contributed by atoms with Gasteiger partial charge < -0.3 is 10.2 Å². The molecule has 4 nitrogen and oxygen atoms in total. The van der Waals surface area contributed by atoms with E-state index in [9.17, 15) is 13.6 Å². The molecule has 0 aromatic heterocycles. The Balaban J connectivity index is 1.30. The summed E-state index contributed by atoms with van der Waals surface area (Å²) in [5.41, 5.74) is 2.79. The fourth-order valence-electron chi connectivity index (χ4n) is 3.63. The molecule has 4 rings (SSSR count). The van der Waals surface area contributed by atoms with Crippen LogP contribution >= 0.6 is 0 Å². The third kappa shape index (κ3) is 4.83. The maximum Gasteiger partial charge on any atom is 0.258 e. The smallest absolute Gasteiger partial charge is 0.258 e. The maximum absolute atomic E-state index is 13.8. The van der Waals surface area contributed by atoms with Crippen LogP contribution in [0.3, 0.4) is 0 Å². The van der Waals surface area contributed by atoms with Crippen molar-refractivity contribution in [3.05, 3.63) is 95.6 Å². The number of rotatable bonds is 5. The van der Waals surface area contributed by atoms with Crippen LogP contribution in [0.15, 0.2) is 72.8 Å². The monoisotopic (exact) mass is 407 g/mol. The highest BCUT2D eigenvalue weighted by Gasteiger charge is 2.17. The predicted molar refractivity (Wildman–Crippen MR) is 115 cm³/mol. The van der Waals surface area contributed by atoms with E-state index >= 15 is 0 Å². The number of anilines is 2. The molecular formula is C24H23F2N3O. The van der Waals surface area contributed by atoms with Crippen LogP contribution in [0.1, 0.15) is 15.9 Å². The lowest BCUT2D eigenvalue weighted by molar-refractivity contribution is 0.102. The zero-order valence-electron chi connectivity index (χ0n) is 16.5. The molecule has 1 saturated heterocycles. The molecule has 0 bridgehead atoms. The maximum atomic E-state index is 13.8. The first kappa shape index (κ1) is 20.0. The van der Waals surface area contributed by atoms with E-state index < -0.39 is 17.5 Å². The lowest BCUT2D eigenvalue weighted by atomic mass is 10.1. The van der Waals surface area contributed by atoms with Gasteiger partial charge in [-0.05, 0) is 42.0 Å². The highest BCUT2D eigenvalue weighted by molar-refractivity contribution is 6.04. The molecule has 1 heterocycles. The Hall–Kier alpha value is -3.25. The fraction of sp³-hybridized carbons (Fsp3) is 0.208. The lowest BCUT2D eigenvalue weighted by Crippen LogP contribution is -2.45. The van der Waals surface area contributed by atoms with E-state index in [0.29, 0.717) is 11.8 Å². The van der Waals surface area contributed by atoms with Crippen LogP contribution in [0.25, 0.3) is 0 Å². The quantitative estimate of drug-likeness (QED) is 0.675. The standard InChI is InChI=1S/C24H23F2N3O/c25-19-8-11-22(23(26)16-19)24(30)27-20-9-6-18(7-10-20)17-28-12-14-29(15-13-28)21-4-2-1-3-5-21/h1-11,16H,12-15,17H2,(H,27,30). The lowest BCUT2D eigenvalue weighted by Gasteiger charge is -2.36. The molecule has 0 aliphatic carbocycles. The van der Waals surface area contributed by atoms with Crippen molar-refractivity contribution in [2.24, 2.45) is 0 Å². The Labute approximate surface area is 174 Å². The van der Waals surface area contributed by atoms with Gasteiger partial charge in [0.15, 0.2) is 0 Å². The Morgan fingerprint density at radius 1 is 0.867 bits per heavy atom. The predicted octanol–water partition coefficient (Wildman–Crippen LogP) is 4.54. The van der Waals surface area contributed by atoms with Gasteiger partial charge in [0, 0.05) is 50.2 Å². The molecule has 1 amide bonds. The van der Waals surface area contributed by atoms with Gasteiger partial charge in [-0.3, -0.25) is 9.69 Å². The van der Waals surface area contributed by atoms with Gasteiger partial charge in [-0.2, -0.15) is 0 Å². The zero-order chi connectivity index (χ0) is 20.9. The Kier molecular flexibility index (Phi) is 6.05. The molecule has 1 aliphatic rings. The van der Waals surface area contributed by atoms with Crippen molar-refractivity contribution in [3.8, 4) is 0 Å². The van der Waals surface area contributed by atoms with Crippen LogP contribution in [-0.4, -0.2) is 37.0 Å². The van der Waals surface area contributed by atoms with Crippen molar-refractivity contribution < 1.29 is 13.6 Å². The minimum absolute atomic E-state index is 0.184. The van der Waals surface area contributed by atoms with Gasteiger partial charge in [0.25, 0.3) is 5.91 Å². The highest BCUT2D eigenvalue weighted by Crippen LogP contribution is 2.18. The summed E-state index contributed by atoms with van der Waals surface area (Å²) < 4.78 is 26.8. The van der Waals surface area contributed by atoms with Crippen molar-refractivity contribution in [1.29, 1.82) is 0 Å². The zero-order valence-corrected chi connectivity index (χ0v) is 16.5. The number of nitrogens with zero attached hydrogens (tertiary/aromatic N) is 2. The van der Waals surface area contributed by atoms with Crippen LogP contribution in [0.4, 0.5) is 20.2 Å². The van der Waals surface area contributed by atoms with Crippen molar-refractivity contribution in [2.75, 3.05) is 36.4 Å². The number of hydrogen-bond acceptors (Lipinski definition) is 3. The van der Waals surface area contributed by atoms with Crippen LogP contribution < -0.4 is 10.2 Å². The number of halogens is 2. The van der Waals surface area contributed by atoms with Crippen molar-refractivity contribution >= 4 is 17.3 Å². The van der Waals surface area contributed by atoms with Gasteiger partial charge in [0.1, 0.15) is 11.6 Å². The third-order valence-electron chi connectivity index (χ3n) is 5.29. The summed E-state index contributed by atoms with van der Waals surface area (Å²) in [5.74, 6) is -2.19. The Bertz CT molecular complexity index is 1000. The summed E-state index contributed by atoms with van der Waals surface area (Å²) in [6.07, 6.45) is 0. The molecule has 0 radical (unpaired) electrons. The molecule has 30 heavy (non-hydrogen) atoms. The first-order chi connectivity index (χ1) is 14.6. The summed E-state index contributed by atoms with van der Waals surface area (Å²) in [4.78, 5) is 17.0. The Morgan fingerprint density at radius 3 is 2.23 bits per heavy atom. The average Bonchev–Trinajstić information content (AvgIpc) is 2.76. The van der Waals surface area contributed by atoms with Crippen LogP contribution in [-0.2, 0) is 6.54 Å². The number of benzene rings is 3. The summed E-state index contributed by atoms with van der Waals surface area (Å²) >= 11 is 0. The SMILES string of the molecule is O=C(Nc1ccc(CN2CCN(c3ccccc3)CC2)cc1)c1ccc(F)cc1F. The number of amides is 1. The first-order valence-corrected chi connectivity index (χ1v) is 9.96. The summed E-state index contributed by atoms with van der Waals surface area (Å²) in [5, 5.41) is 2.65. The molecule has 6 heteroatoms. The van der Waals surface area contributed by atoms with Crippen LogP contribution in [0.5, 0.6) is 0 Å². The molecule has 154 valence electrons. The van der Waals surface area contributed by atoms with Crippen molar-refractivity contribution in [3.63, 3.8) is 0 Å². The number of nitrogens with one attached hydrogen (secondary N) is 1. The molecule has 1 N–H and O–H groups in total. The number of piperazine rings is 1. The summed E-state index contributed by atoms with van der Waals surface area (Å²) in [7, 11) is 0. The van der Waals surface area contributed by atoms with E-state index in [1.807, 2.05) is 18.2 Å². The van der Waals surface area contributed by atoms with E-state index in [4.69, 9.17) is 0 Å². The van der Waals surface area contributed by atoms with Gasteiger partial charge in [0.05, 0.1) is 5.56 Å². The minimum Gasteiger partial charge on any atom is -0.369 e. The second-order valence-corrected chi connectivity index (χ2v) is 7.37. The van der Waals surface area contributed by atoms with E-state index in [0.717, 1.165) is 50.4 Å². The Morgan fingerprint density at radius 2 is 1.57 bits per heavy atom. The number of carbonyl (C=O) groups excluding carboxylic acids is 1. The van der Waals surface area contributed by atoms with E-state index in [1.165, 1.54) is 5.69 Å². The van der Waals surface area contributed by atoms with Crippen LogP contribution in [0.2, 0.25) is 0 Å². The van der Waals surface area contributed by atoms with Gasteiger partial charge >= 0.3 is 0 Å². The first-order valence-electron chi connectivity index (χ1n) is 9.96. The largest absolute Gasteiger partial charge is 0.369 e. The molecule has 0 saturated carbocycles.